The minimum Gasteiger partial charge on any atom is -0.497 e. The minimum atomic E-state index is -1.35. The lowest BCUT2D eigenvalue weighted by Gasteiger charge is -2.31. The van der Waals surface area contributed by atoms with Crippen LogP contribution in [-0.2, 0) is 4.74 Å². The van der Waals surface area contributed by atoms with Gasteiger partial charge in [0.05, 0.1) is 38.1 Å². The SMILES string of the molecule is C=CCOC(=O)N1c2cc(OCCCC)c(OC)cc2C(=O)N2CC(=Cc3ccc(OC)cc3)C[C@H]2[C@@H]1O. The molecule has 2 aliphatic heterocycles. The molecule has 4 rings (SSSR count). The fourth-order valence-electron chi connectivity index (χ4n) is 4.70. The molecule has 0 radical (unpaired) electrons. The van der Waals surface area contributed by atoms with Crippen LogP contribution in [0.3, 0.4) is 0 Å². The summed E-state index contributed by atoms with van der Waals surface area (Å²) >= 11 is 0. The Morgan fingerprint density at radius 3 is 2.58 bits per heavy atom. The molecular formula is C29H34N2O7. The summed E-state index contributed by atoms with van der Waals surface area (Å²) < 4.78 is 22.0. The second kappa shape index (κ2) is 12.0. The monoisotopic (exact) mass is 522 g/mol. The first kappa shape index (κ1) is 27.1. The number of hydrogen-bond donors (Lipinski definition) is 1. The van der Waals surface area contributed by atoms with Crippen LogP contribution in [0.4, 0.5) is 10.5 Å². The summed E-state index contributed by atoms with van der Waals surface area (Å²) in [5.74, 6) is 1.17. The van der Waals surface area contributed by atoms with Crippen LogP contribution in [0.25, 0.3) is 6.08 Å². The lowest BCUT2D eigenvalue weighted by molar-refractivity contribution is 0.0496. The van der Waals surface area contributed by atoms with Gasteiger partial charge in [-0.2, -0.15) is 0 Å². The van der Waals surface area contributed by atoms with Gasteiger partial charge in [0, 0.05) is 12.6 Å². The fourth-order valence-corrected chi connectivity index (χ4v) is 4.70. The maximum Gasteiger partial charge on any atom is 0.416 e. The number of carbonyl (C=O) groups is 2. The number of fused-ring (bicyclic) bond motifs is 2. The van der Waals surface area contributed by atoms with E-state index in [0.29, 0.717) is 31.1 Å². The normalized spacial score (nSPS) is 19.5. The molecule has 2 aliphatic rings. The van der Waals surface area contributed by atoms with E-state index in [1.165, 1.54) is 13.2 Å². The number of ether oxygens (including phenoxy) is 4. The number of amides is 2. The van der Waals surface area contributed by atoms with Crippen LogP contribution >= 0.6 is 0 Å². The van der Waals surface area contributed by atoms with Crippen molar-refractivity contribution in [1.82, 2.24) is 4.90 Å². The molecule has 9 nitrogen and oxygen atoms in total. The van der Waals surface area contributed by atoms with Crippen LogP contribution in [0.15, 0.2) is 54.6 Å². The topological polar surface area (TPSA) is 97.8 Å². The molecule has 0 aliphatic carbocycles. The molecule has 0 unspecified atom stereocenters. The van der Waals surface area contributed by atoms with Gasteiger partial charge in [-0.3, -0.25) is 4.79 Å². The van der Waals surface area contributed by atoms with E-state index in [0.717, 1.165) is 34.6 Å². The highest BCUT2D eigenvalue weighted by molar-refractivity contribution is 6.06. The first-order chi connectivity index (χ1) is 18.4. The third kappa shape index (κ3) is 5.47. The lowest BCUT2D eigenvalue weighted by Crippen LogP contribution is -2.50. The largest absolute Gasteiger partial charge is 0.497 e. The summed E-state index contributed by atoms with van der Waals surface area (Å²) in [5, 5.41) is 11.5. The van der Waals surface area contributed by atoms with Crippen molar-refractivity contribution >= 4 is 23.8 Å². The van der Waals surface area contributed by atoms with Gasteiger partial charge < -0.3 is 29.0 Å². The molecule has 0 saturated carbocycles. The van der Waals surface area contributed by atoms with Gasteiger partial charge in [0.15, 0.2) is 17.7 Å². The third-order valence-electron chi connectivity index (χ3n) is 6.65. The summed E-state index contributed by atoms with van der Waals surface area (Å²) in [6, 6.07) is 10.0. The van der Waals surface area contributed by atoms with Gasteiger partial charge in [-0.25, -0.2) is 9.69 Å². The molecule has 2 atom stereocenters. The Labute approximate surface area is 222 Å². The van der Waals surface area contributed by atoms with E-state index >= 15 is 0 Å². The Balaban J connectivity index is 1.75. The highest BCUT2D eigenvalue weighted by Crippen LogP contribution is 2.42. The van der Waals surface area contributed by atoms with E-state index in [2.05, 4.69) is 13.5 Å². The number of carbonyl (C=O) groups excluding carboxylic acids is 2. The molecule has 0 aromatic heterocycles. The van der Waals surface area contributed by atoms with Gasteiger partial charge in [0.25, 0.3) is 5.91 Å². The van der Waals surface area contributed by atoms with Gasteiger partial charge in [-0.1, -0.05) is 44.2 Å². The molecule has 1 N–H and O–H groups in total. The number of unbranched alkanes of at least 4 members (excludes halogenated alkanes) is 1. The number of hydrogen-bond acceptors (Lipinski definition) is 7. The molecule has 2 amide bonds. The maximum absolute atomic E-state index is 13.8. The predicted octanol–water partition coefficient (Wildman–Crippen LogP) is 4.64. The quantitative estimate of drug-likeness (QED) is 0.378. The highest BCUT2D eigenvalue weighted by atomic mass is 16.6. The molecule has 2 aromatic rings. The van der Waals surface area contributed by atoms with E-state index < -0.39 is 18.4 Å². The van der Waals surface area contributed by atoms with Gasteiger partial charge >= 0.3 is 6.09 Å². The summed E-state index contributed by atoms with van der Waals surface area (Å²) in [6.07, 6.45) is 3.44. The van der Waals surface area contributed by atoms with Crippen LogP contribution in [0, 0.1) is 0 Å². The van der Waals surface area contributed by atoms with Crippen molar-refractivity contribution < 1.29 is 33.6 Å². The molecule has 202 valence electrons. The lowest BCUT2D eigenvalue weighted by atomic mass is 10.1. The number of aliphatic hydroxyl groups excluding tert-OH is 1. The zero-order valence-electron chi connectivity index (χ0n) is 22.0. The van der Waals surface area contributed by atoms with Crippen molar-refractivity contribution in [1.29, 1.82) is 0 Å². The number of rotatable bonds is 9. The smallest absolute Gasteiger partial charge is 0.416 e. The third-order valence-corrected chi connectivity index (χ3v) is 6.65. The van der Waals surface area contributed by atoms with E-state index in [4.69, 9.17) is 18.9 Å². The number of anilines is 1. The van der Waals surface area contributed by atoms with Crippen LogP contribution in [0.1, 0.15) is 42.1 Å². The Bertz CT molecular complexity index is 1210. The average Bonchev–Trinajstić information content (AvgIpc) is 3.33. The van der Waals surface area contributed by atoms with E-state index in [9.17, 15) is 14.7 Å². The molecule has 1 fully saturated rings. The molecule has 9 heteroatoms. The standard InChI is InChI=1S/C29H34N2O7/c1-5-7-13-37-26-17-23-22(16-25(26)36-4)27(32)30-18-20(14-19-8-10-21(35-3)11-9-19)15-24(30)28(33)31(23)29(34)38-12-6-2/h6,8-11,14,16-17,24,28,33H,2,5,7,12-13,15,18H2,1,3-4H3/t24-,28-/m0/s1. The van der Waals surface area contributed by atoms with Crippen molar-refractivity contribution in [2.24, 2.45) is 0 Å². The van der Waals surface area contributed by atoms with Crippen molar-refractivity contribution in [3.8, 4) is 17.2 Å². The van der Waals surface area contributed by atoms with Crippen LogP contribution < -0.4 is 19.1 Å². The number of benzene rings is 2. The van der Waals surface area contributed by atoms with Crippen molar-refractivity contribution in [3.63, 3.8) is 0 Å². The molecule has 0 bridgehead atoms. The average molecular weight is 523 g/mol. The Hall–Kier alpha value is -3.98. The van der Waals surface area contributed by atoms with Crippen LogP contribution in [0.2, 0.25) is 0 Å². The van der Waals surface area contributed by atoms with Crippen LogP contribution in [0.5, 0.6) is 17.2 Å². The molecule has 38 heavy (non-hydrogen) atoms. The van der Waals surface area contributed by atoms with E-state index in [1.807, 2.05) is 30.3 Å². The molecule has 0 spiro atoms. The van der Waals surface area contributed by atoms with E-state index in [-0.39, 0.29) is 23.8 Å². The zero-order valence-corrected chi connectivity index (χ0v) is 22.0. The maximum atomic E-state index is 13.8. The second-order valence-corrected chi connectivity index (χ2v) is 9.15. The fraction of sp³-hybridized carbons (Fsp3) is 0.379. The summed E-state index contributed by atoms with van der Waals surface area (Å²) in [5.41, 5.74) is 2.31. The first-order valence-electron chi connectivity index (χ1n) is 12.7. The molecule has 1 saturated heterocycles. The van der Waals surface area contributed by atoms with Crippen LogP contribution in [-0.4, -0.2) is 68.3 Å². The first-order valence-corrected chi connectivity index (χ1v) is 12.7. The van der Waals surface area contributed by atoms with Gasteiger partial charge in [-0.05, 0) is 42.2 Å². The summed E-state index contributed by atoms with van der Waals surface area (Å²) in [6.45, 7) is 6.34. The molecule has 2 aromatic carbocycles. The van der Waals surface area contributed by atoms with Gasteiger partial charge in [0.2, 0.25) is 0 Å². The van der Waals surface area contributed by atoms with Crippen molar-refractivity contribution in [2.75, 3.05) is 38.9 Å². The summed E-state index contributed by atoms with van der Waals surface area (Å²) in [7, 11) is 3.10. The van der Waals surface area contributed by atoms with Gasteiger partial charge in [-0.15, -0.1) is 0 Å². The van der Waals surface area contributed by atoms with Crippen molar-refractivity contribution in [3.05, 3.63) is 65.8 Å². The Morgan fingerprint density at radius 2 is 1.92 bits per heavy atom. The number of methoxy groups -OCH3 is 2. The summed E-state index contributed by atoms with van der Waals surface area (Å²) in [4.78, 5) is 29.8. The molecule has 2 heterocycles. The highest BCUT2D eigenvalue weighted by Gasteiger charge is 2.46. The van der Waals surface area contributed by atoms with Crippen molar-refractivity contribution in [2.45, 2.75) is 38.5 Å². The predicted molar refractivity (Wildman–Crippen MR) is 144 cm³/mol. The number of nitrogens with zero attached hydrogens (tertiary/aromatic N) is 2. The molecular weight excluding hydrogens is 488 g/mol. The van der Waals surface area contributed by atoms with E-state index in [1.54, 1.807) is 24.1 Å². The Kier molecular flexibility index (Phi) is 8.58. The zero-order chi connectivity index (χ0) is 27.2. The minimum absolute atomic E-state index is 0.0433. The Morgan fingerprint density at radius 1 is 1.16 bits per heavy atom. The number of aliphatic hydroxyl groups is 1. The second-order valence-electron chi connectivity index (χ2n) is 9.15. The van der Waals surface area contributed by atoms with Gasteiger partial charge in [0.1, 0.15) is 12.4 Å².